The van der Waals surface area contributed by atoms with E-state index in [0.717, 1.165) is 23.9 Å². The number of nitrogens with zero attached hydrogens (tertiary/aromatic N) is 5. The Morgan fingerprint density at radius 1 is 1.30 bits per heavy atom. The molecule has 110 valence electrons. The number of hydrogen-bond acceptors (Lipinski definition) is 4. The van der Waals surface area contributed by atoms with E-state index in [9.17, 15) is 0 Å². The number of nitrogens with one attached hydrogen (secondary N) is 1. The lowest BCUT2D eigenvalue weighted by atomic mass is 10.1. The smallest absolute Gasteiger partial charge is 0.150 e. The minimum Gasteiger partial charge on any atom is -0.351 e. The van der Waals surface area contributed by atoms with Crippen molar-refractivity contribution < 1.29 is 0 Å². The molecule has 0 spiro atoms. The van der Waals surface area contributed by atoms with Gasteiger partial charge in [-0.2, -0.15) is 10.2 Å². The number of rotatable bonds is 6. The first kappa shape index (κ1) is 14.6. The summed E-state index contributed by atoms with van der Waals surface area (Å²) < 4.78 is 1.97. The summed E-state index contributed by atoms with van der Waals surface area (Å²) >= 11 is 0. The first-order valence-corrected chi connectivity index (χ1v) is 7.10. The van der Waals surface area contributed by atoms with Gasteiger partial charge < -0.3 is 4.90 Å². The zero-order valence-electron chi connectivity index (χ0n) is 13.0. The first-order chi connectivity index (χ1) is 9.47. The van der Waals surface area contributed by atoms with Crippen LogP contribution in [0, 0.1) is 5.92 Å². The SMILES string of the molecule is CC(C)Cn1ncnc1CN(C)c1cc(C(C)C)[nH]n1. The molecule has 0 atom stereocenters. The average molecular weight is 276 g/mol. The fourth-order valence-electron chi connectivity index (χ4n) is 2.02. The first-order valence-electron chi connectivity index (χ1n) is 7.10. The summed E-state index contributed by atoms with van der Waals surface area (Å²) in [6.45, 7) is 10.2. The summed E-state index contributed by atoms with van der Waals surface area (Å²) in [5, 5.41) is 11.7. The summed E-state index contributed by atoms with van der Waals surface area (Å²) in [4.78, 5) is 6.44. The summed E-state index contributed by atoms with van der Waals surface area (Å²) in [7, 11) is 2.02. The topological polar surface area (TPSA) is 62.6 Å². The summed E-state index contributed by atoms with van der Waals surface area (Å²) in [6, 6.07) is 2.09. The zero-order valence-corrected chi connectivity index (χ0v) is 13.0. The Morgan fingerprint density at radius 2 is 2.05 bits per heavy atom. The predicted octanol–water partition coefficient (Wildman–Crippen LogP) is 2.42. The molecular weight excluding hydrogens is 252 g/mol. The van der Waals surface area contributed by atoms with E-state index >= 15 is 0 Å². The van der Waals surface area contributed by atoms with Crippen LogP contribution in [0.4, 0.5) is 5.82 Å². The van der Waals surface area contributed by atoms with Crippen molar-refractivity contribution in [2.75, 3.05) is 11.9 Å². The Bertz CT molecular complexity index is 539. The molecular formula is C14H24N6. The van der Waals surface area contributed by atoms with Gasteiger partial charge in [-0.15, -0.1) is 0 Å². The van der Waals surface area contributed by atoms with Gasteiger partial charge in [0.2, 0.25) is 0 Å². The zero-order chi connectivity index (χ0) is 14.7. The van der Waals surface area contributed by atoms with E-state index < -0.39 is 0 Å². The Kier molecular flexibility index (Phi) is 4.42. The number of anilines is 1. The second-order valence-corrected chi connectivity index (χ2v) is 5.94. The van der Waals surface area contributed by atoms with Gasteiger partial charge in [0.05, 0.1) is 6.54 Å². The van der Waals surface area contributed by atoms with Gasteiger partial charge >= 0.3 is 0 Å². The van der Waals surface area contributed by atoms with Crippen molar-refractivity contribution in [3.63, 3.8) is 0 Å². The molecule has 2 rings (SSSR count). The molecule has 0 fully saturated rings. The largest absolute Gasteiger partial charge is 0.351 e. The highest BCUT2D eigenvalue weighted by Crippen LogP contribution is 2.18. The molecule has 20 heavy (non-hydrogen) atoms. The maximum atomic E-state index is 4.35. The maximum Gasteiger partial charge on any atom is 0.150 e. The lowest BCUT2D eigenvalue weighted by Gasteiger charge is -2.16. The third-order valence-corrected chi connectivity index (χ3v) is 3.21. The number of H-pyrrole nitrogens is 1. The van der Waals surface area contributed by atoms with Crippen molar-refractivity contribution in [3.8, 4) is 0 Å². The molecule has 0 aromatic carbocycles. The minimum absolute atomic E-state index is 0.453. The minimum atomic E-state index is 0.453. The van der Waals surface area contributed by atoms with E-state index in [1.54, 1.807) is 6.33 Å². The van der Waals surface area contributed by atoms with E-state index in [1.807, 2.05) is 11.7 Å². The van der Waals surface area contributed by atoms with Crippen LogP contribution in [0.1, 0.15) is 45.1 Å². The molecule has 6 nitrogen and oxygen atoms in total. The second kappa shape index (κ2) is 6.07. The molecule has 0 aliphatic heterocycles. The number of aromatic amines is 1. The fourth-order valence-corrected chi connectivity index (χ4v) is 2.02. The highest BCUT2D eigenvalue weighted by molar-refractivity contribution is 5.39. The normalized spacial score (nSPS) is 11.6. The van der Waals surface area contributed by atoms with E-state index in [2.05, 4.69) is 58.9 Å². The molecule has 0 amide bonds. The van der Waals surface area contributed by atoms with E-state index in [0.29, 0.717) is 18.4 Å². The molecule has 0 unspecified atom stereocenters. The van der Waals surface area contributed by atoms with Gasteiger partial charge in [-0.3, -0.25) is 5.10 Å². The van der Waals surface area contributed by atoms with Crippen LogP contribution in [0.3, 0.4) is 0 Å². The maximum absolute atomic E-state index is 4.35. The van der Waals surface area contributed by atoms with Crippen LogP contribution >= 0.6 is 0 Å². The second-order valence-electron chi connectivity index (χ2n) is 5.94. The van der Waals surface area contributed by atoms with Gasteiger partial charge in [0, 0.05) is 25.4 Å². The van der Waals surface area contributed by atoms with Crippen LogP contribution in [-0.2, 0) is 13.1 Å². The lowest BCUT2D eigenvalue weighted by molar-refractivity contribution is 0.465. The Morgan fingerprint density at radius 3 is 2.65 bits per heavy atom. The molecule has 0 radical (unpaired) electrons. The molecule has 0 saturated heterocycles. The average Bonchev–Trinajstić information content (AvgIpc) is 2.98. The number of aromatic nitrogens is 5. The fraction of sp³-hybridized carbons (Fsp3) is 0.643. The standard InChI is InChI=1S/C14H24N6/c1-10(2)7-20-14(15-9-16-20)8-19(5)13-6-12(11(3)4)17-18-13/h6,9-11H,7-8H2,1-5H3,(H,17,18). The van der Waals surface area contributed by atoms with E-state index in [4.69, 9.17) is 0 Å². The van der Waals surface area contributed by atoms with Crippen molar-refractivity contribution in [1.82, 2.24) is 25.0 Å². The third kappa shape index (κ3) is 3.37. The van der Waals surface area contributed by atoms with Crippen molar-refractivity contribution in [2.45, 2.75) is 46.7 Å². The Balaban J connectivity index is 2.07. The third-order valence-electron chi connectivity index (χ3n) is 3.21. The molecule has 0 aliphatic rings. The quantitative estimate of drug-likeness (QED) is 0.880. The van der Waals surface area contributed by atoms with E-state index in [-0.39, 0.29) is 0 Å². The van der Waals surface area contributed by atoms with Gasteiger partial charge in [0.25, 0.3) is 0 Å². The molecule has 2 aromatic heterocycles. The molecule has 2 aromatic rings. The molecule has 6 heteroatoms. The lowest BCUT2D eigenvalue weighted by Crippen LogP contribution is -2.21. The van der Waals surface area contributed by atoms with Crippen LogP contribution in [0.5, 0.6) is 0 Å². The Hall–Kier alpha value is -1.85. The summed E-state index contributed by atoms with van der Waals surface area (Å²) in [5.74, 6) is 2.91. The monoisotopic (exact) mass is 276 g/mol. The number of hydrogen-bond donors (Lipinski definition) is 1. The molecule has 1 N–H and O–H groups in total. The molecule has 0 bridgehead atoms. The van der Waals surface area contributed by atoms with E-state index in [1.165, 1.54) is 0 Å². The van der Waals surface area contributed by atoms with Crippen molar-refractivity contribution in [1.29, 1.82) is 0 Å². The van der Waals surface area contributed by atoms with Gasteiger partial charge in [-0.25, -0.2) is 9.67 Å². The summed E-state index contributed by atoms with van der Waals surface area (Å²) in [5.41, 5.74) is 1.15. The van der Waals surface area contributed by atoms with Crippen LogP contribution in [-0.4, -0.2) is 32.0 Å². The van der Waals surface area contributed by atoms with Crippen molar-refractivity contribution in [2.24, 2.45) is 5.92 Å². The van der Waals surface area contributed by atoms with Gasteiger partial charge in [-0.1, -0.05) is 27.7 Å². The van der Waals surface area contributed by atoms with Gasteiger partial charge in [0.15, 0.2) is 5.82 Å². The van der Waals surface area contributed by atoms with Crippen LogP contribution in [0.15, 0.2) is 12.4 Å². The highest BCUT2D eigenvalue weighted by Gasteiger charge is 2.12. The van der Waals surface area contributed by atoms with Crippen LogP contribution < -0.4 is 4.90 Å². The van der Waals surface area contributed by atoms with Crippen molar-refractivity contribution in [3.05, 3.63) is 23.9 Å². The van der Waals surface area contributed by atoms with Crippen molar-refractivity contribution >= 4 is 5.82 Å². The summed E-state index contributed by atoms with van der Waals surface area (Å²) in [6.07, 6.45) is 1.62. The van der Waals surface area contributed by atoms with Gasteiger partial charge in [0.1, 0.15) is 12.2 Å². The predicted molar refractivity (Wildman–Crippen MR) is 79.6 cm³/mol. The van der Waals surface area contributed by atoms with Crippen LogP contribution in [0.25, 0.3) is 0 Å². The highest BCUT2D eigenvalue weighted by atomic mass is 15.4. The van der Waals surface area contributed by atoms with Crippen LogP contribution in [0.2, 0.25) is 0 Å². The molecule has 0 aliphatic carbocycles. The Labute approximate surface area is 120 Å². The molecule has 0 saturated carbocycles. The molecule has 2 heterocycles. The van der Waals surface area contributed by atoms with Gasteiger partial charge in [-0.05, 0) is 11.8 Å².